The molecule has 0 N–H and O–H groups in total. The van der Waals surface area contributed by atoms with Crippen molar-refractivity contribution in [1.29, 1.82) is 0 Å². The van der Waals surface area contributed by atoms with Crippen LogP contribution < -0.4 is 4.90 Å². The molecule has 0 spiro atoms. The number of carbonyl (C=O) groups is 3. The highest BCUT2D eigenvalue weighted by molar-refractivity contribution is 6.68. The molecule has 1 amide bonds. The summed E-state index contributed by atoms with van der Waals surface area (Å²) < 4.78 is 0. The SMILES string of the molecule is O=C(Cl)c1cc(N2C[C@@H](C(=O)Cl)CC2=O)ccc1Cl. The van der Waals surface area contributed by atoms with Crippen LogP contribution in [0.25, 0.3) is 0 Å². The van der Waals surface area contributed by atoms with Gasteiger partial charge in [0, 0.05) is 18.7 Å². The zero-order chi connectivity index (χ0) is 14.2. The third-order valence-corrected chi connectivity index (χ3v) is 3.76. The van der Waals surface area contributed by atoms with Gasteiger partial charge in [-0.1, -0.05) is 11.6 Å². The zero-order valence-corrected chi connectivity index (χ0v) is 11.8. The number of anilines is 1. The summed E-state index contributed by atoms with van der Waals surface area (Å²) in [6.07, 6.45) is 0.0646. The minimum absolute atomic E-state index is 0.0646. The molecule has 4 nitrogen and oxygen atoms in total. The second-order valence-corrected chi connectivity index (χ2v) is 5.27. The highest BCUT2D eigenvalue weighted by atomic mass is 35.5. The van der Waals surface area contributed by atoms with Crippen LogP contribution >= 0.6 is 34.8 Å². The minimum atomic E-state index is -0.705. The second kappa shape index (κ2) is 5.49. The van der Waals surface area contributed by atoms with E-state index in [2.05, 4.69) is 0 Å². The van der Waals surface area contributed by atoms with E-state index in [9.17, 15) is 14.4 Å². The highest BCUT2D eigenvalue weighted by Crippen LogP contribution is 2.30. The number of rotatable bonds is 3. The lowest BCUT2D eigenvalue weighted by Crippen LogP contribution is -2.25. The van der Waals surface area contributed by atoms with Gasteiger partial charge in [-0.15, -0.1) is 0 Å². The maximum Gasteiger partial charge on any atom is 0.253 e. The Bertz CT molecular complexity index is 573. The van der Waals surface area contributed by atoms with Crippen molar-refractivity contribution in [2.24, 2.45) is 5.92 Å². The summed E-state index contributed by atoms with van der Waals surface area (Å²) >= 11 is 16.6. The Hall–Kier alpha value is -1.10. The number of halogens is 3. The van der Waals surface area contributed by atoms with E-state index in [0.29, 0.717) is 5.69 Å². The van der Waals surface area contributed by atoms with Gasteiger partial charge in [0.2, 0.25) is 11.1 Å². The lowest BCUT2D eigenvalue weighted by atomic mass is 10.1. The third-order valence-electron chi connectivity index (χ3n) is 2.92. The largest absolute Gasteiger partial charge is 0.312 e. The molecule has 100 valence electrons. The van der Waals surface area contributed by atoms with Crippen LogP contribution in [0.4, 0.5) is 5.69 Å². The van der Waals surface area contributed by atoms with Gasteiger partial charge in [0.1, 0.15) is 0 Å². The van der Waals surface area contributed by atoms with Gasteiger partial charge in [0.15, 0.2) is 0 Å². The summed E-state index contributed by atoms with van der Waals surface area (Å²) in [5.74, 6) is -0.755. The van der Waals surface area contributed by atoms with Gasteiger partial charge in [0.25, 0.3) is 5.24 Å². The fourth-order valence-electron chi connectivity index (χ4n) is 1.94. The average molecular weight is 321 g/mol. The van der Waals surface area contributed by atoms with E-state index in [4.69, 9.17) is 34.8 Å². The minimum Gasteiger partial charge on any atom is -0.312 e. The van der Waals surface area contributed by atoms with Crippen molar-refractivity contribution in [3.8, 4) is 0 Å². The first kappa shape index (κ1) is 14.3. The van der Waals surface area contributed by atoms with E-state index in [1.54, 1.807) is 6.07 Å². The standard InChI is InChI=1S/C12H8Cl3NO3/c13-9-2-1-7(4-8(9)12(15)19)16-5-6(11(14)18)3-10(16)17/h1-2,4,6H,3,5H2/t6-/m0/s1. The first-order valence-corrected chi connectivity index (χ1v) is 6.52. The Kier molecular flexibility index (Phi) is 4.13. The summed E-state index contributed by atoms with van der Waals surface area (Å²) in [6.45, 7) is 0.193. The van der Waals surface area contributed by atoms with Gasteiger partial charge >= 0.3 is 0 Å². The smallest absolute Gasteiger partial charge is 0.253 e. The van der Waals surface area contributed by atoms with Crippen LogP contribution in [-0.4, -0.2) is 22.9 Å². The van der Waals surface area contributed by atoms with E-state index in [-0.39, 0.29) is 29.5 Å². The molecule has 2 rings (SSSR count). The molecule has 0 radical (unpaired) electrons. The quantitative estimate of drug-likeness (QED) is 0.805. The van der Waals surface area contributed by atoms with Crippen LogP contribution in [0.15, 0.2) is 18.2 Å². The molecule has 1 aliphatic heterocycles. The van der Waals surface area contributed by atoms with E-state index < -0.39 is 16.4 Å². The molecule has 0 aliphatic carbocycles. The highest BCUT2D eigenvalue weighted by Gasteiger charge is 2.34. The van der Waals surface area contributed by atoms with Crippen molar-refractivity contribution in [3.05, 3.63) is 28.8 Å². The molecular weight excluding hydrogens is 312 g/mol. The molecule has 1 aliphatic rings. The van der Waals surface area contributed by atoms with Crippen molar-refractivity contribution >= 4 is 56.9 Å². The van der Waals surface area contributed by atoms with Crippen molar-refractivity contribution in [2.45, 2.75) is 6.42 Å². The van der Waals surface area contributed by atoms with Gasteiger partial charge in [-0.3, -0.25) is 14.4 Å². The van der Waals surface area contributed by atoms with Crippen LogP contribution in [0, 0.1) is 5.92 Å². The Balaban J connectivity index is 2.33. The lowest BCUT2D eigenvalue weighted by Gasteiger charge is -2.17. The average Bonchev–Trinajstić information content (AvgIpc) is 2.72. The fourth-order valence-corrected chi connectivity index (χ4v) is 2.50. The van der Waals surface area contributed by atoms with E-state index in [1.165, 1.54) is 17.0 Å². The van der Waals surface area contributed by atoms with E-state index >= 15 is 0 Å². The molecule has 0 bridgehead atoms. The molecular formula is C12H8Cl3NO3. The summed E-state index contributed by atoms with van der Waals surface area (Å²) in [7, 11) is 0. The van der Waals surface area contributed by atoms with Crippen molar-refractivity contribution < 1.29 is 14.4 Å². The van der Waals surface area contributed by atoms with Crippen molar-refractivity contribution in [2.75, 3.05) is 11.4 Å². The topological polar surface area (TPSA) is 54.5 Å². The van der Waals surface area contributed by atoms with Crippen molar-refractivity contribution in [1.82, 2.24) is 0 Å². The van der Waals surface area contributed by atoms with Crippen LogP contribution in [0.3, 0.4) is 0 Å². The number of carbonyl (C=O) groups excluding carboxylic acids is 3. The number of amides is 1. The third kappa shape index (κ3) is 2.91. The monoisotopic (exact) mass is 319 g/mol. The number of hydrogen-bond acceptors (Lipinski definition) is 3. The van der Waals surface area contributed by atoms with E-state index in [1.807, 2.05) is 0 Å². The van der Waals surface area contributed by atoms with Gasteiger partial charge in [-0.25, -0.2) is 0 Å². The second-order valence-electron chi connectivity index (χ2n) is 4.15. The maximum absolute atomic E-state index is 11.8. The van der Waals surface area contributed by atoms with Crippen LogP contribution in [0.1, 0.15) is 16.8 Å². The Morgan fingerprint density at radius 2 is 1.95 bits per heavy atom. The molecule has 1 saturated heterocycles. The molecule has 1 heterocycles. The number of benzene rings is 1. The normalized spacial score (nSPS) is 18.8. The summed E-state index contributed by atoms with van der Waals surface area (Å²) in [4.78, 5) is 35.5. The summed E-state index contributed by atoms with van der Waals surface area (Å²) in [5.41, 5.74) is 0.591. The lowest BCUT2D eigenvalue weighted by molar-refractivity contribution is -0.120. The van der Waals surface area contributed by atoms with Crippen molar-refractivity contribution in [3.63, 3.8) is 0 Å². The molecule has 1 atom stereocenters. The predicted molar refractivity (Wildman–Crippen MR) is 73.0 cm³/mol. The molecule has 1 fully saturated rings. The van der Waals surface area contributed by atoms with Crippen LogP contribution in [0.2, 0.25) is 5.02 Å². The fraction of sp³-hybridized carbons (Fsp3) is 0.250. The molecule has 7 heteroatoms. The van der Waals surface area contributed by atoms with Gasteiger partial charge in [-0.05, 0) is 41.4 Å². The Morgan fingerprint density at radius 3 is 2.47 bits per heavy atom. The number of nitrogens with zero attached hydrogens (tertiary/aromatic N) is 1. The Labute approximate surface area is 124 Å². The maximum atomic E-state index is 11.8. The zero-order valence-electron chi connectivity index (χ0n) is 9.53. The number of hydrogen-bond donors (Lipinski definition) is 0. The molecule has 0 unspecified atom stereocenters. The van der Waals surface area contributed by atoms with E-state index in [0.717, 1.165) is 0 Å². The molecule has 0 aromatic heterocycles. The first-order valence-electron chi connectivity index (χ1n) is 5.39. The summed E-state index contributed by atoms with van der Waals surface area (Å²) in [6, 6.07) is 4.50. The molecule has 1 aromatic carbocycles. The molecule has 0 saturated carbocycles. The summed E-state index contributed by atoms with van der Waals surface area (Å²) in [5, 5.41) is -1.04. The molecule has 19 heavy (non-hydrogen) atoms. The van der Waals surface area contributed by atoms with Gasteiger partial charge in [0.05, 0.1) is 16.5 Å². The Morgan fingerprint density at radius 1 is 1.26 bits per heavy atom. The first-order chi connectivity index (χ1) is 8.90. The molecule has 1 aromatic rings. The van der Waals surface area contributed by atoms with Gasteiger partial charge < -0.3 is 4.90 Å². The van der Waals surface area contributed by atoms with Crippen LogP contribution in [-0.2, 0) is 9.59 Å². The van der Waals surface area contributed by atoms with Gasteiger partial charge in [-0.2, -0.15) is 0 Å². The predicted octanol–water partition coefficient (Wildman–Crippen LogP) is 2.84. The van der Waals surface area contributed by atoms with Crippen LogP contribution in [0.5, 0.6) is 0 Å².